The predicted octanol–water partition coefficient (Wildman–Crippen LogP) is 3.65. The van der Waals surface area contributed by atoms with Gasteiger partial charge in [-0.05, 0) is 55.2 Å². The number of urea groups is 1. The number of benzene rings is 1. The zero-order valence-corrected chi connectivity index (χ0v) is 15.6. The Labute approximate surface area is 162 Å². The number of carbonyl (C=O) groups excluding carboxylic acids is 1. The highest BCUT2D eigenvalue weighted by Crippen LogP contribution is 2.47. The van der Waals surface area contributed by atoms with Crippen LogP contribution in [0.3, 0.4) is 0 Å². The van der Waals surface area contributed by atoms with Crippen molar-refractivity contribution in [3.05, 3.63) is 35.4 Å². The van der Waals surface area contributed by atoms with Crippen molar-refractivity contribution in [3.8, 4) is 0 Å². The quantitative estimate of drug-likeness (QED) is 0.796. The van der Waals surface area contributed by atoms with Gasteiger partial charge in [0.05, 0.1) is 23.8 Å². The number of amides is 2. The molecule has 4 fully saturated rings. The molecule has 0 radical (unpaired) electrons. The molecule has 2 bridgehead atoms. The number of alkyl halides is 3. The molecule has 1 saturated carbocycles. The Morgan fingerprint density at radius 3 is 2.64 bits per heavy atom. The van der Waals surface area contributed by atoms with E-state index in [9.17, 15) is 18.0 Å². The number of fused-ring (bicyclic) bond motifs is 1. The summed E-state index contributed by atoms with van der Waals surface area (Å²) in [7, 11) is 0. The van der Waals surface area contributed by atoms with E-state index in [2.05, 4.69) is 10.6 Å². The number of hydrogen-bond acceptors (Lipinski definition) is 3. The van der Waals surface area contributed by atoms with Crippen LogP contribution in [0, 0.1) is 11.8 Å². The fourth-order valence-corrected chi connectivity index (χ4v) is 4.58. The largest absolute Gasteiger partial charge is 0.416 e. The molecular formula is C20H25F3N2O3. The Balaban J connectivity index is 1.46. The Morgan fingerprint density at radius 2 is 2.00 bits per heavy atom. The van der Waals surface area contributed by atoms with Crippen LogP contribution >= 0.6 is 0 Å². The van der Waals surface area contributed by atoms with Crippen LogP contribution in [-0.2, 0) is 15.7 Å². The van der Waals surface area contributed by atoms with Crippen molar-refractivity contribution in [1.82, 2.24) is 10.6 Å². The molecule has 3 heterocycles. The molecule has 1 atom stereocenters. The van der Waals surface area contributed by atoms with Crippen LogP contribution in [-0.4, -0.2) is 38.0 Å². The Morgan fingerprint density at radius 1 is 1.25 bits per heavy atom. The minimum atomic E-state index is -4.42. The highest BCUT2D eigenvalue weighted by Gasteiger charge is 2.51. The molecule has 1 aliphatic carbocycles. The van der Waals surface area contributed by atoms with Crippen molar-refractivity contribution < 1.29 is 27.4 Å². The van der Waals surface area contributed by atoms with Gasteiger partial charge in [0, 0.05) is 19.8 Å². The van der Waals surface area contributed by atoms with E-state index in [4.69, 9.17) is 9.47 Å². The molecule has 5 nitrogen and oxygen atoms in total. The molecule has 1 unspecified atom stereocenters. The standard InChI is InChI=1S/C20H25F3N2O3/c21-20(22,23)16-3-1-2-15(8-16)17(14-4-6-27-7-5-14)25-18(26)24-12-19-9-13(10-19)11-28-19/h1-3,8,13-14,17H,4-7,9-12H2,(H2,24,25,26). The van der Waals surface area contributed by atoms with Crippen LogP contribution in [0.25, 0.3) is 0 Å². The highest BCUT2D eigenvalue weighted by atomic mass is 19.4. The smallest absolute Gasteiger partial charge is 0.381 e. The maximum atomic E-state index is 13.1. The van der Waals surface area contributed by atoms with E-state index in [1.54, 1.807) is 6.07 Å². The van der Waals surface area contributed by atoms with Crippen molar-refractivity contribution in [2.24, 2.45) is 11.8 Å². The lowest BCUT2D eigenvalue weighted by atomic mass is 9.74. The Bertz CT molecular complexity index is 707. The molecule has 2 amide bonds. The Kier molecular flexibility index (Phi) is 5.26. The summed E-state index contributed by atoms with van der Waals surface area (Å²) in [6.45, 7) is 2.26. The monoisotopic (exact) mass is 398 g/mol. The third-order valence-electron chi connectivity index (χ3n) is 6.11. The number of hydrogen-bond donors (Lipinski definition) is 2. The number of rotatable bonds is 5. The fraction of sp³-hybridized carbons (Fsp3) is 0.650. The first-order valence-corrected chi connectivity index (χ1v) is 9.78. The zero-order valence-electron chi connectivity index (χ0n) is 15.6. The summed E-state index contributed by atoms with van der Waals surface area (Å²) in [6.07, 6.45) is -1.11. The molecule has 3 saturated heterocycles. The fourth-order valence-electron chi connectivity index (χ4n) is 4.58. The van der Waals surface area contributed by atoms with Crippen molar-refractivity contribution in [2.75, 3.05) is 26.4 Å². The lowest BCUT2D eigenvalue weighted by Gasteiger charge is -2.36. The van der Waals surface area contributed by atoms with E-state index in [-0.39, 0.29) is 17.6 Å². The molecule has 1 aromatic carbocycles. The third-order valence-corrected chi connectivity index (χ3v) is 6.11. The molecule has 8 heteroatoms. The van der Waals surface area contributed by atoms with Gasteiger partial charge in [-0.1, -0.05) is 12.1 Å². The van der Waals surface area contributed by atoms with Gasteiger partial charge < -0.3 is 20.1 Å². The number of nitrogens with one attached hydrogen (secondary N) is 2. The average molecular weight is 398 g/mol. The molecule has 28 heavy (non-hydrogen) atoms. The van der Waals surface area contributed by atoms with Crippen LogP contribution < -0.4 is 10.6 Å². The lowest BCUT2D eigenvalue weighted by molar-refractivity contribution is -0.137. The molecule has 0 spiro atoms. The maximum absolute atomic E-state index is 13.1. The minimum absolute atomic E-state index is 0.0250. The minimum Gasteiger partial charge on any atom is -0.381 e. The molecule has 4 aliphatic rings. The van der Waals surface area contributed by atoms with Gasteiger partial charge in [-0.2, -0.15) is 13.2 Å². The Hall–Kier alpha value is -1.80. The number of carbonyl (C=O) groups is 1. The average Bonchev–Trinajstić information content (AvgIpc) is 3.26. The van der Waals surface area contributed by atoms with Gasteiger partial charge >= 0.3 is 12.2 Å². The van der Waals surface area contributed by atoms with Crippen molar-refractivity contribution in [1.29, 1.82) is 0 Å². The molecule has 1 aromatic rings. The summed E-state index contributed by atoms with van der Waals surface area (Å²) < 4.78 is 50.5. The van der Waals surface area contributed by atoms with Crippen molar-refractivity contribution >= 4 is 6.03 Å². The first-order chi connectivity index (χ1) is 13.3. The van der Waals surface area contributed by atoms with Crippen molar-refractivity contribution in [2.45, 2.75) is 43.5 Å². The van der Waals surface area contributed by atoms with E-state index >= 15 is 0 Å². The van der Waals surface area contributed by atoms with Crippen molar-refractivity contribution in [3.63, 3.8) is 0 Å². The number of halogens is 3. The zero-order chi connectivity index (χ0) is 19.8. The van der Waals surface area contributed by atoms with Gasteiger partial charge in [0.2, 0.25) is 0 Å². The summed E-state index contributed by atoms with van der Waals surface area (Å²) in [5.41, 5.74) is -0.481. The second-order valence-electron chi connectivity index (χ2n) is 8.15. The summed E-state index contributed by atoms with van der Waals surface area (Å²) in [6, 6.07) is 4.35. The van der Waals surface area contributed by atoms with Crippen LogP contribution in [0.5, 0.6) is 0 Å². The van der Waals surface area contributed by atoms with Gasteiger partial charge in [-0.15, -0.1) is 0 Å². The maximum Gasteiger partial charge on any atom is 0.416 e. The predicted molar refractivity (Wildman–Crippen MR) is 95.7 cm³/mol. The second kappa shape index (κ2) is 7.55. The summed E-state index contributed by atoms with van der Waals surface area (Å²) >= 11 is 0. The molecule has 154 valence electrons. The third kappa shape index (κ3) is 4.12. The van der Waals surface area contributed by atoms with Gasteiger partial charge in [-0.25, -0.2) is 4.79 Å². The number of ether oxygens (including phenoxy) is 2. The molecule has 3 aliphatic heterocycles. The SMILES string of the molecule is O=C(NCC12CC(CO1)C2)NC(c1cccc(C(F)(F)F)c1)C1CCOCC1. The van der Waals surface area contributed by atoms with E-state index < -0.39 is 17.8 Å². The topological polar surface area (TPSA) is 59.6 Å². The van der Waals surface area contributed by atoms with Crippen LogP contribution in [0.4, 0.5) is 18.0 Å². The molecule has 2 N–H and O–H groups in total. The normalized spacial score (nSPS) is 28.5. The molecule has 5 rings (SSSR count). The highest BCUT2D eigenvalue weighted by molar-refractivity contribution is 5.74. The van der Waals surface area contributed by atoms with Crippen LogP contribution in [0.15, 0.2) is 24.3 Å². The summed E-state index contributed by atoms with van der Waals surface area (Å²) in [4.78, 5) is 12.5. The van der Waals surface area contributed by atoms with Gasteiger partial charge in [0.1, 0.15) is 0 Å². The van der Waals surface area contributed by atoms with E-state index in [0.29, 0.717) is 44.1 Å². The summed E-state index contributed by atoms with van der Waals surface area (Å²) in [5, 5.41) is 5.77. The van der Waals surface area contributed by atoms with Crippen LogP contribution in [0.1, 0.15) is 42.9 Å². The van der Waals surface area contributed by atoms with Gasteiger partial charge in [-0.3, -0.25) is 0 Å². The van der Waals surface area contributed by atoms with E-state index in [0.717, 1.165) is 31.6 Å². The van der Waals surface area contributed by atoms with E-state index in [1.165, 1.54) is 6.07 Å². The first-order valence-electron chi connectivity index (χ1n) is 9.78. The van der Waals surface area contributed by atoms with Gasteiger partial charge in [0.25, 0.3) is 0 Å². The lowest BCUT2D eigenvalue weighted by Crippen LogP contribution is -2.50. The molecular weight excluding hydrogens is 373 g/mol. The first kappa shape index (κ1) is 19.5. The summed E-state index contributed by atoms with van der Waals surface area (Å²) in [5.74, 6) is 0.627. The second-order valence-corrected chi connectivity index (χ2v) is 8.15. The van der Waals surface area contributed by atoms with Crippen LogP contribution in [0.2, 0.25) is 0 Å². The van der Waals surface area contributed by atoms with Gasteiger partial charge in [0.15, 0.2) is 0 Å². The van der Waals surface area contributed by atoms with E-state index in [1.807, 2.05) is 0 Å². The molecule has 0 aromatic heterocycles.